The van der Waals surface area contributed by atoms with Gasteiger partial charge in [-0.25, -0.2) is 0 Å². The van der Waals surface area contributed by atoms with Gasteiger partial charge in [-0.2, -0.15) is 0 Å². The lowest BCUT2D eigenvalue weighted by atomic mass is 10.1. The van der Waals surface area contributed by atoms with E-state index in [1.54, 1.807) is 18.2 Å². The molecule has 3 amide bonds. The maximum atomic E-state index is 12.4. The molecule has 11 heteroatoms. The van der Waals surface area contributed by atoms with E-state index in [4.69, 9.17) is 39.5 Å². The standard InChI is InChI=1S/C21H18Cl3N3O5/c1-11-2-4-14(8-16(11)23)25-18(28)10-32-21(31)12-6-19(29)27(9-12)26-20(30)15-5-3-13(22)7-17(15)24/h2-5,7-8,12H,6,9-10H2,1H3,(H,25,28)(H,26,30)/t12-/m1/s1. The van der Waals surface area contributed by atoms with Crippen LogP contribution in [0.4, 0.5) is 5.69 Å². The average Bonchev–Trinajstić information content (AvgIpc) is 3.09. The lowest BCUT2D eigenvalue weighted by Crippen LogP contribution is -2.43. The second kappa shape index (κ2) is 10.2. The van der Waals surface area contributed by atoms with Gasteiger partial charge >= 0.3 is 5.97 Å². The van der Waals surface area contributed by atoms with E-state index in [1.807, 2.05) is 6.92 Å². The van der Waals surface area contributed by atoms with E-state index in [-0.39, 0.29) is 23.6 Å². The Bertz CT molecular complexity index is 1090. The number of hydrogen-bond donors (Lipinski definition) is 2. The van der Waals surface area contributed by atoms with Gasteiger partial charge in [0.05, 0.1) is 23.0 Å². The molecule has 1 aliphatic rings. The smallest absolute Gasteiger partial charge is 0.311 e. The molecule has 0 radical (unpaired) electrons. The number of anilines is 1. The van der Waals surface area contributed by atoms with E-state index < -0.39 is 36.2 Å². The number of ether oxygens (including phenoxy) is 1. The first-order valence-corrected chi connectivity index (χ1v) is 10.6. The summed E-state index contributed by atoms with van der Waals surface area (Å²) in [5.41, 5.74) is 3.87. The first kappa shape index (κ1) is 23.8. The number of carbonyl (C=O) groups excluding carboxylic acids is 4. The number of nitrogens with zero attached hydrogens (tertiary/aromatic N) is 1. The van der Waals surface area contributed by atoms with E-state index in [1.165, 1.54) is 18.2 Å². The van der Waals surface area contributed by atoms with Gasteiger partial charge in [0.15, 0.2) is 6.61 Å². The van der Waals surface area contributed by atoms with Crippen LogP contribution >= 0.6 is 34.8 Å². The Morgan fingerprint density at radius 2 is 1.84 bits per heavy atom. The summed E-state index contributed by atoms with van der Waals surface area (Å²) in [6.45, 7) is 1.21. The lowest BCUT2D eigenvalue weighted by molar-refractivity contribution is -0.151. The average molecular weight is 499 g/mol. The minimum absolute atomic E-state index is 0.0934. The van der Waals surface area contributed by atoms with E-state index in [0.29, 0.717) is 15.7 Å². The van der Waals surface area contributed by atoms with Crippen molar-refractivity contribution in [1.82, 2.24) is 10.4 Å². The topological polar surface area (TPSA) is 105 Å². The molecular formula is C21H18Cl3N3O5. The number of hydrazine groups is 1. The third-order valence-electron chi connectivity index (χ3n) is 4.67. The molecule has 1 atom stereocenters. The lowest BCUT2D eigenvalue weighted by Gasteiger charge is -2.18. The minimum Gasteiger partial charge on any atom is -0.455 e. The molecular weight excluding hydrogens is 481 g/mol. The molecule has 2 aromatic carbocycles. The molecule has 1 fully saturated rings. The number of hydrogen-bond acceptors (Lipinski definition) is 5. The Kier molecular flexibility index (Phi) is 7.60. The highest BCUT2D eigenvalue weighted by atomic mass is 35.5. The Balaban J connectivity index is 1.50. The van der Waals surface area contributed by atoms with Gasteiger partial charge in [-0.15, -0.1) is 0 Å². The first-order valence-electron chi connectivity index (χ1n) is 9.43. The normalized spacial score (nSPS) is 15.4. The zero-order chi connectivity index (χ0) is 23.4. The van der Waals surface area contributed by atoms with Crippen LogP contribution in [0.15, 0.2) is 36.4 Å². The van der Waals surface area contributed by atoms with Gasteiger partial charge in [-0.05, 0) is 42.8 Å². The van der Waals surface area contributed by atoms with Gasteiger partial charge < -0.3 is 10.1 Å². The monoisotopic (exact) mass is 497 g/mol. The fourth-order valence-corrected chi connectivity index (χ4v) is 3.63. The highest BCUT2D eigenvalue weighted by Gasteiger charge is 2.37. The molecule has 0 unspecified atom stereocenters. The number of esters is 1. The quantitative estimate of drug-likeness (QED) is 0.592. The van der Waals surface area contributed by atoms with Gasteiger partial charge in [0.1, 0.15) is 0 Å². The van der Waals surface area contributed by atoms with Crippen LogP contribution in [0.2, 0.25) is 15.1 Å². The van der Waals surface area contributed by atoms with Gasteiger partial charge in [-0.1, -0.05) is 40.9 Å². The molecule has 0 bridgehead atoms. The van der Waals surface area contributed by atoms with Crippen LogP contribution in [0.5, 0.6) is 0 Å². The summed E-state index contributed by atoms with van der Waals surface area (Å²) in [5, 5.41) is 4.57. The van der Waals surface area contributed by atoms with Crippen molar-refractivity contribution in [2.75, 3.05) is 18.5 Å². The number of rotatable bonds is 6. The highest BCUT2D eigenvalue weighted by molar-refractivity contribution is 6.36. The van der Waals surface area contributed by atoms with Crippen LogP contribution in [-0.4, -0.2) is 41.9 Å². The van der Waals surface area contributed by atoms with Crippen LogP contribution in [0.25, 0.3) is 0 Å². The van der Waals surface area contributed by atoms with E-state index in [9.17, 15) is 19.2 Å². The second-order valence-electron chi connectivity index (χ2n) is 7.09. The van der Waals surface area contributed by atoms with Crippen molar-refractivity contribution in [2.24, 2.45) is 5.92 Å². The largest absolute Gasteiger partial charge is 0.455 e. The number of benzene rings is 2. The number of halogens is 3. The zero-order valence-electron chi connectivity index (χ0n) is 16.8. The van der Waals surface area contributed by atoms with Crippen molar-refractivity contribution in [3.8, 4) is 0 Å². The Hall–Kier alpha value is -2.81. The molecule has 8 nitrogen and oxygen atoms in total. The van der Waals surface area contributed by atoms with E-state index in [2.05, 4.69) is 10.7 Å². The summed E-state index contributed by atoms with van der Waals surface area (Å²) in [7, 11) is 0. The third kappa shape index (κ3) is 5.91. The van der Waals surface area contributed by atoms with Crippen molar-refractivity contribution in [3.63, 3.8) is 0 Å². The highest BCUT2D eigenvalue weighted by Crippen LogP contribution is 2.23. The molecule has 3 rings (SSSR count). The Morgan fingerprint density at radius 3 is 2.53 bits per heavy atom. The van der Waals surface area contributed by atoms with Crippen LogP contribution in [0.1, 0.15) is 22.3 Å². The van der Waals surface area contributed by atoms with Gasteiger partial charge in [-0.3, -0.25) is 29.6 Å². The summed E-state index contributed by atoms with van der Waals surface area (Å²) in [6.07, 6.45) is -0.164. The number of aryl methyl sites for hydroxylation is 1. The molecule has 168 valence electrons. The Labute approximate surface area is 198 Å². The molecule has 1 aliphatic heterocycles. The molecule has 32 heavy (non-hydrogen) atoms. The predicted molar refractivity (Wildman–Crippen MR) is 120 cm³/mol. The summed E-state index contributed by atoms with van der Waals surface area (Å²) in [4.78, 5) is 48.9. The molecule has 1 heterocycles. The molecule has 0 saturated carbocycles. The fourth-order valence-electron chi connectivity index (χ4n) is 2.95. The number of carbonyl (C=O) groups is 4. The van der Waals surface area contributed by atoms with Crippen LogP contribution in [-0.2, 0) is 19.1 Å². The SMILES string of the molecule is Cc1ccc(NC(=O)COC(=O)[C@@H]2CC(=O)N(NC(=O)c3ccc(Cl)cc3Cl)C2)cc1Cl. The van der Waals surface area contributed by atoms with Crippen molar-refractivity contribution in [3.05, 3.63) is 62.6 Å². The summed E-state index contributed by atoms with van der Waals surface area (Å²) in [6, 6.07) is 9.31. The van der Waals surface area contributed by atoms with Crippen molar-refractivity contribution >= 4 is 64.2 Å². The summed E-state index contributed by atoms with van der Waals surface area (Å²) >= 11 is 17.8. The third-order valence-corrected chi connectivity index (χ3v) is 5.63. The van der Waals surface area contributed by atoms with Crippen molar-refractivity contribution in [2.45, 2.75) is 13.3 Å². The molecule has 2 aromatic rings. The molecule has 2 N–H and O–H groups in total. The van der Waals surface area contributed by atoms with Gasteiger partial charge in [0.25, 0.3) is 11.8 Å². The van der Waals surface area contributed by atoms with Crippen molar-refractivity contribution in [1.29, 1.82) is 0 Å². The molecule has 0 aromatic heterocycles. The maximum absolute atomic E-state index is 12.4. The molecule has 1 saturated heterocycles. The first-order chi connectivity index (χ1) is 15.1. The maximum Gasteiger partial charge on any atom is 0.311 e. The van der Waals surface area contributed by atoms with Gasteiger partial charge in [0, 0.05) is 22.2 Å². The summed E-state index contributed by atoms with van der Waals surface area (Å²) < 4.78 is 5.02. The van der Waals surface area contributed by atoms with Crippen LogP contribution in [0.3, 0.4) is 0 Å². The minimum atomic E-state index is -0.829. The van der Waals surface area contributed by atoms with Gasteiger partial charge in [0.2, 0.25) is 5.91 Å². The number of nitrogens with one attached hydrogen (secondary N) is 2. The number of amides is 3. The fraction of sp³-hybridized carbons (Fsp3) is 0.238. The van der Waals surface area contributed by atoms with Crippen LogP contribution < -0.4 is 10.7 Å². The predicted octanol–water partition coefficient (Wildman–Crippen LogP) is 3.63. The summed E-state index contributed by atoms with van der Waals surface area (Å²) in [5.74, 6) is -3.19. The molecule has 0 aliphatic carbocycles. The van der Waals surface area contributed by atoms with E-state index in [0.717, 1.165) is 10.6 Å². The zero-order valence-corrected chi connectivity index (χ0v) is 19.1. The Morgan fingerprint density at radius 1 is 1.09 bits per heavy atom. The van der Waals surface area contributed by atoms with Crippen LogP contribution in [0, 0.1) is 12.8 Å². The van der Waals surface area contributed by atoms with Crippen molar-refractivity contribution < 1.29 is 23.9 Å². The second-order valence-corrected chi connectivity index (χ2v) is 8.34. The van der Waals surface area contributed by atoms with E-state index >= 15 is 0 Å². The molecule has 0 spiro atoms.